The first-order valence-electron chi connectivity index (χ1n) is 9.06. The Morgan fingerprint density at radius 3 is 2.72 bits per heavy atom. The molecule has 5 heteroatoms. The van der Waals surface area contributed by atoms with Crippen LogP contribution in [0.3, 0.4) is 0 Å². The van der Waals surface area contributed by atoms with Crippen LogP contribution in [0.4, 0.5) is 0 Å². The Morgan fingerprint density at radius 1 is 1.24 bits per heavy atom. The minimum Gasteiger partial charge on any atom is -0.422 e. The van der Waals surface area contributed by atoms with Crippen molar-refractivity contribution in [2.24, 2.45) is 11.8 Å². The van der Waals surface area contributed by atoms with Crippen LogP contribution in [0, 0.1) is 11.8 Å². The summed E-state index contributed by atoms with van der Waals surface area (Å²) in [4.78, 5) is 26.7. The summed E-state index contributed by atoms with van der Waals surface area (Å²) < 4.78 is 5.21. The molecular formula is C20H26N2O3. The monoisotopic (exact) mass is 342 g/mol. The SMILES string of the molecule is C[C@@H]1C[C@@H](C)CN(CCCNC(=O)c2cc3ccccc3oc2=O)C1. The van der Waals surface area contributed by atoms with Crippen LogP contribution in [0.15, 0.2) is 39.5 Å². The zero-order chi connectivity index (χ0) is 17.8. The molecule has 1 N–H and O–H groups in total. The van der Waals surface area contributed by atoms with Gasteiger partial charge in [-0.2, -0.15) is 0 Å². The standard InChI is InChI=1S/C20H26N2O3/c1-14-10-15(2)13-22(12-14)9-5-8-21-19(23)17-11-16-6-3-4-7-18(16)25-20(17)24/h3-4,6-7,11,14-15H,5,8-10,12-13H2,1-2H3,(H,21,23)/t14-,15-/m1/s1. The first-order valence-corrected chi connectivity index (χ1v) is 9.06. The van der Waals surface area contributed by atoms with E-state index in [0.717, 1.165) is 43.3 Å². The second kappa shape index (κ2) is 7.83. The van der Waals surface area contributed by atoms with Gasteiger partial charge in [-0.3, -0.25) is 4.79 Å². The second-order valence-electron chi connectivity index (χ2n) is 7.30. The molecule has 134 valence electrons. The number of nitrogens with zero attached hydrogens (tertiary/aromatic N) is 1. The van der Waals surface area contributed by atoms with Gasteiger partial charge >= 0.3 is 5.63 Å². The number of likely N-dealkylation sites (tertiary alicyclic amines) is 1. The predicted octanol–water partition coefficient (Wildman–Crippen LogP) is 2.89. The summed E-state index contributed by atoms with van der Waals surface area (Å²) in [6, 6.07) is 8.80. The average molecular weight is 342 g/mol. The molecule has 0 radical (unpaired) electrons. The van der Waals surface area contributed by atoms with Gasteiger partial charge in [0.25, 0.3) is 5.91 Å². The summed E-state index contributed by atoms with van der Waals surface area (Å²) in [5, 5.41) is 3.59. The van der Waals surface area contributed by atoms with Crippen molar-refractivity contribution in [1.29, 1.82) is 0 Å². The van der Waals surface area contributed by atoms with Gasteiger partial charge in [0.2, 0.25) is 0 Å². The van der Waals surface area contributed by atoms with Crippen LogP contribution in [0.2, 0.25) is 0 Å². The highest BCUT2D eigenvalue weighted by Crippen LogP contribution is 2.20. The van der Waals surface area contributed by atoms with Gasteiger partial charge in [0, 0.05) is 25.0 Å². The third-order valence-corrected chi connectivity index (χ3v) is 4.77. The van der Waals surface area contributed by atoms with E-state index in [-0.39, 0.29) is 11.5 Å². The molecule has 2 atom stereocenters. The van der Waals surface area contributed by atoms with Gasteiger partial charge in [-0.1, -0.05) is 32.0 Å². The molecule has 2 aromatic rings. The molecule has 5 nitrogen and oxygen atoms in total. The topological polar surface area (TPSA) is 62.6 Å². The number of benzene rings is 1. The lowest BCUT2D eigenvalue weighted by Gasteiger charge is -2.34. The number of hydrogen-bond acceptors (Lipinski definition) is 4. The van der Waals surface area contributed by atoms with E-state index in [0.29, 0.717) is 12.1 Å². The van der Waals surface area contributed by atoms with Crippen LogP contribution in [-0.2, 0) is 0 Å². The minimum atomic E-state index is -0.588. The van der Waals surface area contributed by atoms with Crippen LogP contribution < -0.4 is 10.9 Å². The molecule has 0 aliphatic carbocycles. The maximum absolute atomic E-state index is 12.3. The molecule has 1 amide bonds. The van der Waals surface area contributed by atoms with Gasteiger partial charge in [0.1, 0.15) is 11.1 Å². The molecule has 1 fully saturated rings. The summed E-state index contributed by atoms with van der Waals surface area (Å²) in [6.07, 6.45) is 2.18. The zero-order valence-electron chi connectivity index (χ0n) is 15.0. The van der Waals surface area contributed by atoms with E-state index < -0.39 is 5.63 Å². The van der Waals surface area contributed by atoms with Gasteiger partial charge in [-0.25, -0.2) is 4.79 Å². The van der Waals surface area contributed by atoms with E-state index in [2.05, 4.69) is 24.1 Å². The minimum absolute atomic E-state index is 0.0684. The maximum atomic E-state index is 12.3. The highest BCUT2D eigenvalue weighted by Gasteiger charge is 2.21. The Bertz CT molecular complexity index is 789. The van der Waals surface area contributed by atoms with Crippen LogP contribution >= 0.6 is 0 Å². The van der Waals surface area contributed by atoms with Gasteiger partial charge in [-0.05, 0) is 43.4 Å². The van der Waals surface area contributed by atoms with Crippen LogP contribution in [-0.4, -0.2) is 37.0 Å². The van der Waals surface area contributed by atoms with Gasteiger partial charge in [0.05, 0.1) is 0 Å². The average Bonchev–Trinajstić information content (AvgIpc) is 2.57. The van der Waals surface area contributed by atoms with E-state index >= 15 is 0 Å². The van der Waals surface area contributed by atoms with Crippen molar-refractivity contribution >= 4 is 16.9 Å². The normalized spacial score (nSPS) is 21.4. The fraction of sp³-hybridized carbons (Fsp3) is 0.500. The third kappa shape index (κ3) is 4.48. The Balaban J connectivity index is 1.53. The molecule has 2 heterocycles. The summed E-state index contributed by atoms with van der Waals surface area (Å²) in [7, 11) is 0. The van der Waals surface area contributed by atoms with Gasteiger partial charge < -0.3 is 14.6 Å². The van der Waals surface area contributed by atoms with E-state index in [9.17, 15) is 9.59 Å². The summed E-state index contributed by atoms with van der Waals surface area (Å²) >= 11 is 0. The highest BCUT2D eigenvalue weighted by molar-refractivity contribution is 5.96. The molecule has 1 saturated heterocycles. The van der Waals surface area contributed by atoms with E-state index in [4.69, 9.17) is 4.42 Å². The molecule has 1 aromatic carbocycles. The van der Waals surface area contributed by atoms with E-state index in [1.807, 2.05) is 12.1 Å². The quantitative estimate of drug-likeness (QED) is 0.670. The number of para-hydroxylation sites is 1. The number of nitrogens with one attached hydrogen (secondary N) is 1. The Kier molecular flexibility index (Phi) is 5.53. The third-order valence-electron chi connectivity index (χ3n) is 4.77. The number of carbonyl (C=O) groups excluding carboxylic acids is 1. The largest absolute Gasteiger partial charge is 0.422 e. The molecule has 0 saturated carbocycles. The van der Waals surface area contributed by atoms with Crippen LogP contribution in [0.5, 0.6) is 0 Å². The van der Waals surface area contributed by atoms with Crippen LogP contribution in [0.25, 0.3) is 11.0 Å². The molecule has 0 unspecified atom stereocenters. The fourth-order valence-corrected chi connectivity index (χ4v) is 3.79. The maximum Gasteiger partial charge on any atom is 0.349 e. The number of piperidine rings is 1. The Morgan fingerprint density at radius 2 is 1.96 bits per heavy atom. The number of carbonyl (C=O) groups is 1. The molecule has 0 bridgehead atoms. The lowest BCUT2D eigenvalue weighted by molar-refractivity contribution is 0.0944. The van der Waals surface area contributed by atoms with Crippen molar-refractivity contribution in [2.45, 2.75) is 26.7 Å². The number of rotatable bonds is 5. The zero-order valence-corrected chi connectivity index (χ0v) is 15.0. The highest BCUT2D eigenvalue weighted by atomic mass is 16.4. The Labute approximate surface area is 148 Å². The van der Waals surface area contributed by atoms with Gasteiger partial charge in [-0.15, -0.1) is 0 Å². The van der Waals surface area contributed by atoms with Crippen LogP contribution in [0.1, 0.15) is 37.0 Å². The first kappa shape index (κ1) is 17.7. The van der Waals surface area contributed by atoms with Gasteiger partial charge in [0.15, 0.2) is 0 Å². The molecular weight excluding hydrogens is 316 g/mol. The molecule has 0 spiro atoms. The number of fused-ring (bicyclic) bond motifs is 1. The van der Waals surface area contributed by atoms with Crippen molar-refractivity contribution in [3.63, 3.8) is 0 Å². The molecule has 1 aliphatic heterocycles. The van der Waals surface area contributed by atoms with Crippen molar-refractivity contribution in [3.8, 4) is 0 Å². The molecule has 1 aliphatic rings. The van der Waals surface area contributed by atoms with Crippen molar-refractivity contribution in [2.75, 3.05) is 26.2 Å². The second-order valence-corrected chi connectivity index (χ2v) is 7.30. The van der Waals surface area contributed by atoms with E-state index in [1.54, 1.807) is 18.2 Å². The van der Waals surface area contributed by atoms with Crippen molar-refractivity contribution < 1.29 is 9.21 Å². The summed E-state index contributed by atoms with van der Waals surface area (Å²) in [5.41, 5.74) is -0.0221. The first-order chi connectivity index (χ1) is 12.0. The predicted molar refractivity (Wildman–Crippen MR) is 98.8 cm³/mol. The lowest BCUT2D eigenvalue weighted by atomic mass is 9.92. The Hall–Kier alpha value is -2.14. The molecule has 1 aromatic heterocycles. The lowest BCUT2D eigenvalue weighted by Crippen LogP contribution is -2.40. The van der Waals surface area contributed by atoms with E-state index in [1.165, 1.54) is 6.42 Å². The molecule has 25 heavy (non-hydrogen) atoms. The summed E-state index contributed by atoms with van der Waals surface area (Å²) in [5.74, 6) is 1.11. The van der Waals surface area contributed by atoms with Crippen molar-refractivity contribution in [1.82, 2.24) is 10.2 Å². The summed E-state index contributed by atoms with van der Waals surface area (Å²) in [6.45, 7) is 8.39. The van der Waals surface area contributed by atoms with Crippen molar-refractivity contribution in [3.05, 3.63) is 46.3 Å². The number of amides is 1. The fourth-order valence-electron chi connectivity index (χ4n) is 3.79. The molecule has 3 rings (SSSR count). The number of hydrogen-bond donors (Lipinski definition) is 1. The smallest absolute Gasteiger partial charge is 0.349 e.